The van der Waals surface area contributed by atoms with E-state index in [0.29, 0.717) is 27.4 Å². The zero-order valence-electron chi connectivity index (χ0n) is 15.0. The van der Waals surface area contributed by atoms with Gasteiger partial charge in [-0.25, -0.2) is 9.48 Å². The number of unbranched alkanes of at least 4 members (excludes halogenated alkanes) is 1. The Balaban J connectivity index is 2.06. The first-order valence-corrected chi connectivity index (χ1v) is 9.82. The van der Waals surface area contributed by atoms with Crippen molar-refractivity contribution in [3.63, 3.8) is 0 Å². The van der Waals surface area contributed by atoms with Gasteiger partial charge in [-0.3, -0.25) is 0 Å². The predicted octanol–water partition coefficient (Wildman–Crippen LogP) is 4.29. The Kier molecular flexibility index (Phi) is 5.88. The molecule has 1 unspecified atom stereocenters. The van der Waals surface area contributed by atoms with Crippen LogP contribution in [0.4, 0.5) is 5.95 Å². The van der Waals surface area contributed by atoms with E-state index < -0.39 is 12.0 Å². The molecule has 1 aromatic carbocycles. The quantitative estimate of drug-likeness (QED) is 0.449. The van der Waals surface area contributed by atoms with Crippen molar-refractivity contribution in [1.29, 1.82) is 0 Å². The van der Waals surface area contributed by atoms with Crippen molar-refractivity contribution in [2.45, 2.75) is 37.9 Å². The number of ether oxygens (including phenoxy) is 1. The number of thioether (sulfide) groups is 1. The highest BCUT2D eigenvalue weighted by molar-refractivity contribution is 7.99. The zero-order chi connectivity index (χ0) is 18.7. The summed E-state index contributed by atoms with van der Waals surface area (Å²) in [6.45, 7) is 3.99. The number of allylic oxidation sites excluding steroid dienone is 1. The van der Waals surface area contributed by atoms with Crippen LogP contribution in [0, 0.1) is 0 Å². The smallest absolute Gasteiger partial charge is 0.338 e. The molecule has 1 aliphatic heterocycles. The van der Waals surface area contributed by atoms with E-state index in [2.05, 4.69) is 22.3 Å². The van der Waals surface area contributed by atoms with Gasteiger partial charge in [0.25, 0.3) is 0 Å². The lowest BCUT2D eigenvalue weighted by molar-refractivity contribution is -0.136. The normalized spacial score (nSPS) is 16.2. The van der Waals surface area contributed by atoms with Gasteiger partial charge in [-0.15, -0.1) is 5.10 Å². The number of nitrogens with one attached hydrogen (secondary N) is 1. The van der Waals surface area contributed by atoms with Gasteiger partial charge in [0, 0.05) is 16.5 Å². The molecular weight excluding hydrogens is 372 g/mol. The fourth-order valence-corrected chi connectivity index (χ4v) is 3.97. The van der Waals surface area contributed by atoms with Crippen LogP contribution in [-0.2, 0) is 9.53 Å². The number of hydrogen-bond acceptors (Lipinski definition) is 6. The summed E-state index contributed by atoms with van der Waals surface area (Å²) in [5.41, 5.74) is 2.05. The summed E-state index contributed by atoms with van der Waals surface area (Å²) in [4.78, 5) is 17.0. The Labute approximate surface area is 162 Å². The third-order valence-corrected chi connectivity index (χ3v) is 5.29. The van der Waals surface area contributed by atoms with Gasteiger partial charge < -0.3 is 10.1 Å². The molecule has 26 heavy (non-hydrogen) atoms. The molecule has 0 saturated heterocycles. The number of fused-ring (bicyclic) bond motifs is 1. The molecule has 0 bridgehead atoms. The largest absolute Gasteiger partial charge is 0.466 e. The molecule has 0 fully saturated rings. The summed E-state index contributed by atoms with van der Waals surface area (Å²) < 4.78 is 6.74. The van der Waals surface area contributed by atoms with Crippen molar-refractivity contribution >= 4 is 35.3 Å². The number of benzene rings is 1. The first kappa shape index (κ1) is 18.8. The van der Waals surface area contributed by atoms with Crippen molar-refractivity contribution in [3.05, 3.63) is 46.1 Å². The van der Waals surface area contributed by atoms with E-state index in [1.807, 2.05) is 25.1 Å². The number of halogens is 1. The van der Waals surface area contributed by atoms with Gasteiger partial charge in [0.2, 0.25) is 11.1 Å². The standard InChI is InChI=1S/C18H21ClN4O2S/c1-4-5-9-26-18-21-17-20-11(2)14(16(24)25-3)15(23(17)22-18)12-7-6-8-13(19)10-12/h6-8,10,15H,4-5,9H2,1-3H3,(H,20,21,22). The van der Waals surface area contributed by atoms with Crippen LogP contribution in [0.1, 0.15) is 38.3 Å². The molecule has 1 aromatic heterocycles. The van der Waals surface area contributed by atoms with Crippen LogP contribution in [0.25, 0.3) is 0 Å². The molecule has 0 radical (unpaired) electrons. The predicted molar refractivity (Wildman–Crippen MR) is 104 cm³/mol. The highest BCUT2D eigenvalue weighted by atomic mass is 35.5. The van der Waals surface area contributed by atoms with Crippen LogP contribution < -0.4 is 5.32 Å². The van der Waals surface area contributed by atoms with Gasteiger partial charge in [0.05, 0.1) is 12.7 Å². The van der Waals surface area contributed by atoms with Gasteiger partial charge in [-0.05, 0) is 31.0 Å². The van der Waals surface area contributed by atoms with Crippen molar-refractivity contribution in [2.24, 2.45) is 0 Å². The molecule has 0 spiro atoms. The molecule has 1 N–H and O–H groups in total. The molecule has 8 heteroatoms. The SMILES string of the molecule is CCCCSc1nc2n(n1)C(c1cccc(Cl)c1)C(C(=O)OC)=C(C)N2. The molecule has 6 nitrogen and oxygen atoms in total. The number of carbonyl (C=O) groups excluding carboxylic acids is 1. The lowest BCUT2D eigenvalue weighted by atomic mass is 9.96. The number of rotatable bonds is 6. The monoisotopic (exact) mass is 392 g/mol. The molecule has 0 saturated carbocycles. The summed E-state index contributed by atoms with van der Waals surface area (Å²) in [5.74, 6) is 1.17. The topological polar surface area (TPSA) is 69.0 Å². The molecule has 2 aromatic rings. The number of methoxy groups -OCH3 is 1. The Morgan fingerprint density at radius 3 is 2.96 bits per heavy atom. The number of esters is 1. The zero-order valence-corrected chi connectivity index (χ0v) is 16.5. The molecule has 0 amide bonds. The van der Waals surface area contributed by atoms with Gasteiger partial charge in [-0.1, -0.05) is 48.8 Å². The number of aromatic nitrogens is 3. The van der Waals surface area contributed by atoms with Crippen molar-refractivity contribution in [2.75, 3.05) is 18.2 Å². The third kappa shape index (κ3) is 3.73. The van der Waals surface area contributed by atoms with E-state index in [-0.39, 0.29) is 0 Å². The Hall–Kier alpha value is -1.99. The van der Waals surface area contributed by atoms with E-state index >= 15 is 0 Å². The molecule has 138 valence electrons. The lowest BCUT2D eigenvalue weighted by Gasteiger charge is -2.27. The fraction of sp³-hybridized carbons (Fsp3) is 0.389. The number of anilines is 1. The van der Waals surface area contributed by atoms with Crippen molar-refractivity contribution in [3.8, 4) is 0 Å². The first-order chi connectivity index (χ1) is 12.5. The van der Waals surface area contributed by atoms with E-state index in [4.69, 9.17) is 16.3 Å². The van der Waals surface area contributed by atoms with Crippen molar-refractivity contribution < 1.29 is 9.53 Å². The van der Waals surface area contributed by atoms with Crippen LogP contribution in [0.3, 0.4) is 0 Å². The van der Waals surface area contributed by atoms with Crippen LogP contribution in [0.2, 0.25) is 5.02 Å². The highest BCUT2D eigenvalue weighted by Crippen LogP contribution is 2.37. The Morgan fingerprint density at radius 1 is 1.46 bits per heavy atom. The minimum atomic E-state index is -0.439. The van der Waals surface area contributed by atoms with E-state index in [1.54, 1.807) is 22.5 Å². The van der Waals surface area contributed by atoms with Gasteiger partial charge >= 0.3 is 5.97 Å². The fourth-order valence-electron chi connectivity index (χ4n) is 2.86. The molecule has 1 aliphatic rings. The minimum absolute atomic E-state index is 0.402. The second-order valence-electron chi connectivity index (χ2n) is 5.98. The second-order valence-corrected chi connectivity index (χ2v) is 7.48. The van der Waals surface area contributed by atoms with Crippen LogP contribution in [0.15, 0.2) is 40.7 Å². The summed E-state index contributed by atoms with van der Waals surface area (Å²) in [6, 6.07) is 6.98. The average Bonchev–Trinajstić information content (AvgIpc) is 3.02. The molecule has 3 rings (SSSR count). The Bertz CT molecular complexity index is 849. The maximum atomic E-state index is 12.5. The molecule has 0 aliphatic carbocycles. The summed E-state index contributed by atoms with van der Waals surface area (Å²) in [6.07, 6.45) is 2.22. The van der Waals surface area contributed by atoms with E-state index in [1.165, 1.54) is 7.11 Å². The minimum Gasteiger partial charge on any atom is -0.466 e. The maximum absolute atomic E-state index is 12.5. The second kappa shape index (κ2) is 8.14. The summed E-state index contributed by atoms with van der Waals surface area (Å²) in [5, 5.41) is 9.09. The van der Waals surface area contributed by atoms with E-state index in [0.717, 1.165) is 24.2 Å². The third-order valence-electron chi connectivity index (χ3n) is 4.13. The Morgan fingerprint density at radius 2 is 2.27 bits per heavy atom. The number of carbonyl (C=O) groups is 1. The maximum Gasteiger partial charge on any atom is 0.338 e. The van der Waals surface area contributed by atoms with Crippen LogP contribution in [-0.4, -0.2) is 33.6 Å². The van der Waals surface area contributed by atoms with E-state index in [9.17, 15) is 4.79 Å². The molecule has 2 heterocycles. The number of nitrogens with zero attached hydrogens (tertiary/aromatic N) is 3. The molecule has 1 atom stereocenters. The van der Waals surface area contributed by atoms with Gasteiger partial charge in [-0.2, -0.15) is 4.98 Å². The van der Waals surface area contributed by atoms with Crippen LogP contribution >= 0.6 is 23.4 Å². The first-order valence-electron chi connectivity index (χ1n) is 8.46. The summed E-state index contributed by atoms with van der Waals surface area (Å²) in [7, 11) is 1.38. The lowest BCUT2D eigenvalue weighted by Crippen LogP contribution is -2.29. The summed E-state index contributed by atoms with van der Waals surface area (Å²) >= 11 is 7.79. The van der Waals surface area contributed by atoms with Gasteiger partial charge in [0.15, 0.2) is 0 Å². The highest BCUT2D eigenvalue weighted by Gasteiger charge is 2.35. The molecular formula is C18H21ClN4O2S. The van der Waals surface area contributed by atoms with Gasteiger partial charge in [0.1, 0.15) is 6.04 Å². The average molecular weight is 393 g/mol. The number of hydrogen-bond donors (Lipinski definition) is 1. The van der Waals surface area contributed by atoms with Crippen molar-refractivity contribution in [1.82, 2.24) is 14.8 Å². The van der Waals surface area contributed by atoms with Crippen LogP contribution in [0.5, 0.6) is 0 Å².